The molecule has 32 heavy (non-hydrogen) atoms. The van der Waals surface area contributed by atoms with Gasteiger partial charge in [0.15, 0.2) is 11.5 Å². The SMILES string of the molecule is CCCCNC(=O)N1C[C@@H](c2ccc3c(c2)OCO3)[C@H](C(=O)O)[C@H]1c1ccc(OC)cc1. The van der Waals surface area contributed by atoms with Crippen LogP contribution in [0.25, 0.3) is 0 Å². The number of nitrogens with one attached hydrogen (secondary N) is 1. The van der Waals surface area contributed by atoms with E-state index in [4.69, 9.17) is 14.2 Å². The summed E-state index contributed by atoms with van der Waals surface area (Å²) in [5.74, 6) is -0.257. The lowest BCUT2D eigenvalue weighted by atomic mass is 9.83. The quantitative estimate of drug-likeness (QED) is 0.636. The molecule has 2 heterocycles. The van der Waals surface area contributed by atoms with E-state index >= 15 is 0 Å². The Balaban J connectivity index is 1.71. The molecule has 0 radical (unpaired) electrons. The number of carbonyl (C=O) groups excluding carboxylic acids is 1. The molecule has 2 aromatic rings. The number of likely N-dealkylation sites (tertiary alicyclic amines) is 1. The third kappa shape index (κ3) is 4.17. The summed E-state index contributed by atoms with van der Waals surface area (Å²) in [6.45, 7) is 3.03. The van der Waals surface area contributed by atoms with Gasteiger partial charge in [0.25, 0.3) is 0 Å². The van der Waals surface area contributed by atoms with Crippen LogP contribution in [0.3, 0.4) is 0 Å². The van der Waals surface area contributed by atoms with Gasteiger partial charge in [0.2, 0.25) is 6.79 Å². The zero-order valence-electron chi connectivity index (χ0n) is 18.2. The van der Waals surface area contributed by atoms with Gasteiger partial charge in [-0.3, -0.25) is 4.79 Å². The summed E-state index contributed by atoms with van der Waals surface area (Å²) in [4.78, 5) is 27.3. The normalized spacial score (nSPS) is 21.4. The Morgan fingerprint density at radius 2 is 1.84 bits per heavy atom. The van der Waals surface area contributed by atoms with Crippen LogP contribution in [0, 0.1) is 5.92 Å². The van der Waals surface area contributed by atoms with Crippen LogP contribution < -0.4 is 19.5 Å². The summed E-state index contributed by atoms with van der Waals surface area (Å²) in [5.41, 5.74) is 1.57. The molecule has 2 N–H and O–H groups in total. The molecule has 8 nitrogen and oxygen atoms in total. The minimum Gasteiger partial charge on any atom is -0.497 e. The van der Waals surface area contributed by atoms with Crippen LogP contribution in [0.5, 0.6) is 17.2 Å². The fourth-order valence-electron chi connectivity index (χ4n) is 4.49. The van der Waals surface area contributed by atoms with Gasteiger partial charge in [-0.1, -0.05) is 31.5 Å². The Morgan fingerprint density at radius 3 is 2.53 bits per heavy atom. The lowest BCUT2D eigenvalue weighted by Gasteiger charge is -2.27. The molecule has 0 unspecified atom stereocenters. The standard InChI is InChI=1S/C24H28N2O6/c1-3-4-11-25-24(29)26-13-18(16-7-10-19-20(12-16)32-14-31-19)21(23(27)28)22(26)15-5-8-17(30-2)9-6-15/h5-10,12,18,21-22H,3-4,11,13-14H2,1-2H3,(H,25,29)(H,27,28)/t18-,21-,22+/m0/s1. The lowest BCUT2D eigenvalue weighted by molar-refractivity contribution is -0.142. The molecule has 2 aliphatic rings. The molecule has 8 heteroatoms. The Bertz CT molecular complexity index is 977. The molecule has 3 atom stereocenters. The van der Waals surface area contributed by atoms with Crippen LogP contribution >= 0.6 is 0 Å². The van der Waals surface area contributed by atoms with Crippen molar-refractivity contribution in [2.75, 3.05) is 27.0 Å². The topological polar surface area (TPSA) is 97.3 Å². The summed E-state index contributed by atoms with van der Waals surface area (Å²) in [5, 5.41) is 13.2. The second kappa shape index (κ2) is 9.38. The van der Waals surface area contributed by atoms with Crippen molar-refractivity contribution < 1.29 is 28.9 Å². The van der Waals surface area contributed by atoms with E-state index < -0.39 is 23.8 Å². The van der Waals surface area contributed by atoms with E-state index in [1.165, 1.54) is 0 Å². The highest BCUT2D eigenvalue weighted by Gasteiger charge is 2.49. The number of ether oxygens (including phenoxy) is 3. The number of amides is 2. The average molecular weight is 440 g/mol. The zero-order valence-corrected chi connectivity index (χ0v) is 18.2. The number of benzene rings is 2. The monoisotopic (exact) mass is 440 g/mol. The number of fused-ring (bicyclic) bond motifs is 1. The van der Waals surface area contributed by atoms with Crippen molar-refractivity contribution in [2.45, 2.75) is 31.7 Å². The number of methoxy groups -OCH3 is 1. The zero-order chi connectivity index (χ0) is 22.7. The van der Waals surface area contributed by atoms with Gasteiger partial charge in [-0.05, 0) is 41.8 Å². The number of hydrogen-bond acceptors (Lipinski definition) is 5. The van der Waals surface area contributed by atoms with Gasteiger partial charge < -0.3 is 29.5 Å². The second-order valence-corrected chi connectivity index (χ2v) is 8.04. The minimum atomic E-state index is -0.947. The molecule has 2 aromatic carbocycles. The Morgan fingerprint density at radius 1 is 1.12 bits per heavy atom. The first-order valence-electron chi connectivity index (χ1n) is 10.8. The maximum absolute atomic E-state index is 13.1. The van der Waals surface area contributed by atoms with E-state index in [0.717, 1.165) is 24.0 Å². The maximum Gasteiger partial charge on any atom is 0.317 e. The molecule has 0 aliphatic carbocycles. The van der Waals surface area contributed by atoms with Crippen molar-refractivity contribution >= 4 is 12.0 Å². The first-order chi connectivity index (χ1) is 15.5. The van der Waals surface area contributed by atoms with Crippen molar-refractivity contribution in [1.82, 2.24) is 10.2 Å². The van der Waals surface area contributed by atoms with E-state index in [1.807, 2.05) is 24.3 Å². The number of rotatable bonds is 7. The Kier molecular flexibility index (Phi) is 6.39. The highest BCUT2D eigenvalue weighted by Crippen LogP contribution is 2.47. The van der Waals surface area contributed by atoms with E-state index in [-0.39, 0.29) is 19.4 Å². The van der Waals surface area contributed by atoms with Crippen molar-refractivity contribution in [2.24, 2.45) is 5.92 Å². The molecule has 1 fully saturated rings. The smallest absolute Gasteiger partial charge is 0.317 e. The van der Waals surface area contributed by atoms with Gasteiger partial charge in [0.05, 0.1) is 19.1 Å². The summed E-state index contributed by atoms with van der Waals surface area (Å²) in [7, 11) is 1.58. The summed E-state index contributed by atoms with van der Waals surface area (Å²) in [6, 6.07) is 11.8. The van der Waals surface area contributed by atoms with Gasteiger partial charge in [-0.25, -0.2) is 4.79 Å². The van der Waals surface area contributed by atoms with E-state index in [2.05, 4.69) is 12.2 Å². The van der Waals surface area contributed by atoms with Crippen LogP contribution in [0.2, 0.25) is 0 Å². The van der Waals surface area contributed by atoms with Crippen LogP contribution in [0.1, 0.15) is 42.9 Å². The van der Waals surface area contributed by atoms with Crippen molar-refractivity contribution in [3.63, 3.8) is 0 Å². The maximum atomic E-state index is 13.1. The van der Waals surface area contributed by atoms with Gasteiger partial charge in [-0.2, -0.15) is 0 Å². The molecular weight excluding hydrogens is 412 g/mol. The summed E-state index contributed by atoms with van der Waals surface area (Å²) < 4.78 is 16.1. The summed E-state index contributed by atoms with van der Waals surface area (Å²) >= 11 is 0. The van der Waals surface area contributed by atoms with Crippen molar-refractivity contribution in [3.8, 4) is 17.2 Å². The van der Waals surface area contributed by atoms with Crippen molar-refractivity contribution in [3.05, 3.63) is 53.6 Å². The average Bonchev–Trinajstić information content (AvgIpc) is 3.43. The molecule has 4 rings (SSSR count). The van der Waals surface area contributed by atoms with E-state index in [1.54, 1.807) is 30.2 Å². The predicted molar refractivity (Wildman–Crippen MR) is 117 cm³/mol. The first-order valence-corrected chi connectivity index (χ1v) is 10.8. The highest BCUT2D eigenvalue weighted by molar-refractivity contribution is 5.80. The first kappa shape index (κ1) is 21.8. The van der Waals surface area contributed by atoms with Crippen LogP contribution in [0.4, 0.5) is 4.79 Å². The Labute approximate surface area is 187 Å². The van der Waals surface area contributed by atoms with E-state index in [0.29, 0.717) is 23.8 Å². The molecule has 170 valence electrons. The number of carboxylic acids is 1. The Hall–Kier alpha value is -3.42. The molecule has 0 aromatic heterocycles. The van der Waals surface area contributed by atoms with Gasteiger partial charge in [-0.15, -0.1) is 0 Å². The number of hydrogen-bond donors (Lipinski definition) is 2. The molecular formula is C24H28N2O6. The number of nitrogens with zero attached hydrogens (tertiary/aromatic N) is 1. The molecule has 0 saturated carbocycles. The fraction of sp³-hybridized carbons (Fsp3) is 0.417. The summed E-state index contributed by atoms with van der Waals surface area (Å²) in [6.07, 6.45) is 1.82. The number of carboxylic acid groups (broad SMARTS) is 1. The number of aliphatic carboxylic acids is 1. The number of urea groups is 1. The molecule has 2 amide bonds. The lowest BCUT2D eigenvalue weighted by Crippen LogP contribution is -2.41. The minimum absolute atomic E-state index is 0.145. The molecule has 0 spiro atoms. The third-order valence-corrected chi connectivity index (χ3v) is 6.14. The molecule has 0 bridgehead atoms. The van der Waals surface area contributed by atoms with Crippen LogP contribution in [-0.4, -0.2) is 49.0 Å². The third-order valence-electron chi connectivity index (χ3n) is 6.14. The predicted octanol–water partition coefficient (Wildman–Crippen LogP) is 3.77. The molecule has 1 saturated heterocycles. The van der Waals surface area contributed by atoms with Gasteiger partial charge >= 0.3 is 12.0 Å². The van der Waals surface area contributed by atoms with E-state index in [9.17, 15) is 14.7 Å². The van der Waals surface area contributed by atoms with Gasteiger partial charge in [0.1, 0.15) is 5.75 Å². The number of unbranched alkanes of at least 4 members (excludes halogenated alkanes) is 1. The van der Waals surface area contributed by atoms with Crippen LogP contribution in [0.15, 0.2) is 42.5 Å². The van der Waals surface area contributed by atoms with Crippen LogP contribution in [-0.2, 0) is 4.79 Å². The number of carbonyl (C=O) groups is 2. The largest absolute Gasteiger partial charge is 0.497 e. The highest BCUT2D eigenvalue weighted by atomic mass is 16.7. The van der Waals surface area contributed by atoms with Crippen molar-refractivity contribution in [1.29, 1.82) is 0 Å². The second-order valence-electron chi connectivity index (χ2n) is 8.04. The fourth-order valence-corrected chi connectivity index (χ4v) is 4.49. The molecule has 2 aliphatic heterocycles. The van der Waals surface area contributed by atoms with Gasteiger partial charge in [0, 0.05) is 19.0 Å².